The lowest BCUT2D eigenvalue weighted by molar-refractivity contribution is -0.190. The first-order valence-electron chi connectivity index (χ1n) is 12.2. The van der Waals surface area contributed by atoms with Crippen LogP contribution in [0.3, 0.4) is 0 Å². The molecular weight excluding hydrogens is 1060 g/mol. The zero-order valence-electron chi connectivity index (χ0n) is 21.0. The van der Waals surface area contributed by atoms with E-state index in [0.29, 0.717) is 33.5 Å². The summed E-state index contributed by atoms with van der Waals surface area (Å²) in [5.41, 5.74) is -3.15. The number of rotatable bonds is 6. The van der Waals surface area contributed by atoms with Crippen LogP contribution >= 0.6 is 90.4 Å². The summed E-state index contributed by atoms with van der Waals surface area (Å²) in [5, 5.41) is 9.92. The van der Waals surface area contributed by atoms with Crippen LogP contribution in [0.5, 0.6) is 5.75 Å². The fourth-order valence-electron chi connectivity index (χ4n) is 6.91. The minimum absolute atomic E-state index is 0.153. The molecule has 6 rings (SSSR count). The monoisotopic (exact) mass is 1070 g/mol. The van der Waals surface area contributed by atoms with Crippen molar-refractivity contribution in [2.75, 3.05) is 0 Å². The van der Waals surface area contributed by atoms with Gasteiger partial charge in [0.2, 0.25) is 17.4 Å². The average molecular weight is 1080 g/mol. The fourth-order valence-corrected chi connectivity index (χ4v) is 11.2. The number of hydrogen-bond donors (Lipinski definition) is 1. The molecule has 2 aromatic carbocycles. The number of hydrogen-bond acceptors (Lipinski definition) is 8. The third-order valence-corrected chi connectivity index (χ3v) is 16.3. The lowest BCUT2D eigenvalue weighted by Gasteiger charge is -2.59. The maximum absolute atomic E-state index is 14.7. The van der Waals surface area contributed by atoms with Crippen molar-refractivity contribution in [1.29, 1.82) is 0 Å². The van der Waals surface area contributed by atoms with Gasteiger partial charge in [-0.1, -0.05) is 0 Å². The summed E-state index contributed by atoms with van der Waals surface area (Å²) in [4.78, 5) is 37.0. The van der Waals surface area contributed by atoms with Gasteiger partial charge in [-0.25, -0.2) is 26.8 Å². The maximum atomic E-state index is 14.7. The van der Waals surface area contributed by atoms with Crippen LogP contribution in [0.4, 0.5) is 17.6 Å². The summed E-state index contributed by atoms with van der Waals surface area (Å²) >= 11 is 7.67. The van der Waals surface area contributed by atoms with E-state index in [1.165, 1.54) is 0 Å². The number of carboxylic acids is 1. The van der Waals surface area contributed by atoms with E-state index in [4.69, 9.17) is 9.47 Å². The molecule has 4 saturated carbocycles. The van der Waals surface area contributed by atoms with E-state index in [-0.39, 0.29) is 42.2 Å². The number of carboxylic acid groups (broad SMARTS) is 1. The molecule has 232 valence electrons. The summed E-state index contributed by atoms with van der Waals surface area (Å²) < 4.78 is 104. The van der Waals surface area contributed by atoms with Crippen LogP contribution in [-0.2, 0) is 19.6 Å². The van der Waals surface area contributed by atoms with E-state index in [2.05, 4.69) is 0 Å². The van der Waals surface area contributed by atoms with Crippen LogP contribution in [0, 0.1) is 54.8 Å². The molecule has 0 saturated heterocycles. The summed E-state index contributed by atoms with van der Waals surface area (Å²) in [6.45, 7) is 0. The Bertz CT molecular complexity index is 1710. The van der Waals surface area contributed by atoms with E-state index in [9.17, 15) is 50.0 Å². The Kier molecular flexibility index (Phi) is 9.09. The highest BCUT2D eigenvalue weighted by molar-refractivity contribution is 14.1. The number of aromatic carboxylic acids is 1. The zero-order chi connectivity index (χ0) is 32.0. The topological polar surface area (TPSA) is 147 Å². The Morgan fingerprint density at radius 3 is 1.77 bits per heavy atom. The van der Waals surface area contributed by atoms with Crippen molar-refractivity contribution in [2.45, 2.75) is 49.0 Å². The highest BCUT2D eigenvalue weighted by Gasteiger charge is 2.63. The Morgan fingerprint density at radius 1 is 0.814 bits per heavy atom. The van der Waals surface area contributed by atoms with Crippen LogP contribution in [-0.4, -0.2) is 41.6 Å². The number of esters is 2. The van der Waals surface area contributed by atoms with Crippen molar-refractivity contribution in [3.05, 3.63) is 48.7 Å². The van der Waals surface area contributed by atoms with Gasteiger partial charge in [-0.15, -0.1) is 0 Å². The van der Waals surface area contributed by atoms with Gasteiger partial charge in [0.05, 0.1) is 16.5 Å². The Balaban J connectivity index is 1.50. The van der Waals surface area contributed by atoms with E-state index in [0.717, 1.165) is 0 Å². The molecule has 2 unspecified atom stereocenters. The second-order valence-corrected chi connectivity index (χ2v) is 16.5. The Morgan fingerprint density at radius 2 is 1.30 bits per heavy atom. The van der Waals surface area contributed by atoms with Crippen LogP contribution < -0.4 is 4.74 Å². The van der Waals surface area contributed by atoms with Crippen LogP contribution in [0.1, 0.15) is 59.2 Å². The average Bonchev–Trinajstić information content (AvgIpc) is 2.88. The SMILES string of the molecule is O=C(O)c1c(I)c(I)c(I)c(I)c1C(=O)OC12CC3CC(C1)CC(C(=O)Oc1c(F)c(F)c(S(=O)(=O)[O-])c(F)c1F)(C3)C2. The summed E-state index contributed by atoms with van der Waals surface area (Å²) in [5.74, 6) is -15.6. The summed E-state index contributed by atoms with van der Waals surface area (Å²) in [6, 6.07) is 0. The van der Waals surface area contributed by atoms with Gasteiger partial charge in [-0.2, -0.15) is 8.78 Å². The van der Waals surface area contributed by atoms with Crippen molar-refractivity contribution in [3.8, 4) is 5.75 Å². The standard InChI is InChI=1S/C25H16F4I4O9S/c26-11-13(28)20(43(38,39)40)14(29)12(27)19(11)41-23(37)24-2-7-1-8(3-24)5-25(4-7,6-24)42-22(36)10-9(21(34)35)15(30)17(32)18(33)16(10)31/h7-8H,1-6H2,(H,34,35)(H,38,39,40)/p-1. The molecule has 0 aliphatic heterocycles. The molecule has 2 aromatic rings. The molecule has 43 heavy (non-hydrogen) atoms. The highest BCUT2D eigenvalue weighted by atomic mass is 127. The van der Waals surface area contributed by atoms with Crippen molar-refractivity contribution in [1.82, 2.24) is 0 Å². The molecule has 4 aliphatic carbocycles. The first-order chi connectivity index (χ1) is 19.8. The smallest absolute Gasteiger partial charge is 0.340 e. The Hall–Kier alpha value is -0.600. The predicted octanol–water partition coefficient (Wildman–Crippen LogP) is 6.37. The number of benzene rings is 2. The summed E-state index contributed by atoms with van der Waals surface area (Å²) in [7, 11) is -5.96. The number of ether oxygens (including phenoxy) is 2. The van der Waals surface area contributed by atoms with E-state index >= 15 is 0 Å². The zero-order valence-corrected chi connectivity index (χ0v) is 30.5. The van der Waals surface area contributed by atoms with Gasteiger partial charge < -0.3 is 19.1 Å². The fraction of sp³-hybridized carbons (Fsp3) is 0.400. The van der Waals surface area contributed by atoms with Crippen molar-refractivity contribution in [2.24, 2.45) is 17.3 Å². The molecule has 0 amide bonds. The third-order valence-electron chi connectivity index (χ3n) is 8.06. The molecule has 0 aromatic heterocycles. The van der Waals surface area contributed by atoms with Gasteiger partial charge in [0.15, 0.2) is 11.6 Å². The van der Waals surface area contributed by atoms with Gasteiger partial charge in [0.1, 0.15) is 20.6 Å². The molecule has 18 heteroatoms. The van der Waals surface area contributed by atoms with Crippen molar-refractivity contribution in [3.63, 3.8) is 0 Å². The van der Waals surface area contributed by atoms with Gasteiger partial charge in [-0.3, -0.25) is 4.79 Å². The van der Waals surface area contributed by atoms with E-state index in [1.54, 1.807) is 0 Å². The lowest BCUT2D eigenvalue weighted by atomic mass is 9.48. The van der Waals surface area contributed by atoms with Crippen LogP contribution in [0.25, 0.3) is 0 Å². The first kappa shape index (κ1) is 33.8. The van der Waals surface area contributed by atoms with Crippen molar-refractivity contribution >= 4 is 118 Å². The quantitative estimate of drug-likeness (QED) is 0.0664. The minimum Gasteiger partial charge on any atom is -0.744 e. The Labute approximate surface area is 295 Å². The van der Waals surface area contributed by atoms with Gasteiger partial charge in [0, 0.05) is 20.7 Å². The summed E-state index contributed by atoms with van der Waals surface area (Å²) in [6.07, 6.45) is 1.43. The van der Waals surface area contributed by atoms with Gasteiger partial charge >= 0.3 is 17.9 Å². The lowest BCUT2D eigenvalue weighted by Crippen LogP contribution is -2.60. The largest absolute Gasteiger partial charge is 0.744 e. The molecule has 0 spiro atoms. The maximum Gasteiger partial charge on any atom is 0.340 e. The van der Waals surface area contributed by atoms with E-state index < -0.39 is 73.0 Å². The third kappa shape index (κ3) is 5.68. The minimum atomic E-state index is -5.96. The molecule has 4 bridgehead atoms. The number of carbonyl (C=O) groups is 3. The van der Waals surface area contributed by atoms with Crippen molar-refractivity contribution < 1.29 is 59.5 Å². The predicted molar refractivity (Wildman–Crippen MR) is 169 cm³/mol. The highest BCUT2D eigenvalue weighted by Crippen LogP contribution is 2.63. The van der Waals surface area contributed by atoms with E-state index in [1.807, 2.05) is 90.4 Å². The molecular formula is C25H15F4I4O9S-. The van der Waals surface area contributed by atoms with Crippen LogP contribution in [0.2, 0.25) is 0 Å². The number of halogens is 8. The van der Waals surface area contributed by atoms with Gasteiger partial charge in [0.25, 0.3) is 0 Å². The number of carbonyl (C=O) groups excluding carboxylic acids is 2. The molecule has 0 radical (unpaired) electrons. The van der Waals surface area contributed by atoms with Crippen LogP contribution in [0.15, 0.2) is 4.90 Å². The first-order valence-corrected chi connectivity index (χ1v) is 17.9. The normalized spacial score (nSPS) is 26.0. The van der Waals surface area contributed by atoms with Gasteiger partial charge in [-0.05, 0) is 134 Å². The second kappa shape index (κ2) is 11.6. The molecule has 1 N–H and O–H groups in total. The second-order valence-electron chi connectivity index (χ2n) is 10.9. The molecule has 4 fully saturated rings. The molecule has 2 atom stereocenters. The molecule has 4 aliphatic rings. The molecule has 9 nitrogen and oxygen atoms in total. The molecule has 0 heterocycles.